The molecule has 1 amide bonds. The summed E-state index contributed by atoms with van der Waals surface area (Å²) in [4.78, 5) is 31.3. The van der Waals surface area contributed by atoms with Crippen LogP contribution in [0, 0.1) is 5.92 Å². The molecule has 2 atom stereocenters. The quantitative estimate of drug-likeness (QED) is 0.774. The van der Waals surface area contributed by atoms with E-state index in [9.17, 15) is 9.59 Å². The lowest BCUT2D eigenvalue weighted by Gasteiger charge is -2.36. The minimum absolute atomic E-state index is 0.132. The highest BCUT2D eigenvalue weighted by molar-refractivity contribution is 6.14. The minimum atomic E-state index is -0.428. The van der Waals surface area contributed by atoms with Crippen molar-refractivity contribution in [2.24, 2.45) is 10.9 Å². The van der Waals surface area contributed by atoms with Gasteiger partial charge in [0.2, 0.25) is 0 Å². The number of hydrogen-bond acceptors (Lipinski definition) is 5. The molecular formula is C25H26N2O4. The second-order valence-corrected chi connectivity index (χ2v) is 7.81. The van der Waals surface area contributed by atoms with Gasteiger partial charge in [-0.1, -0.05) is 24.3 Å². The van der Waals surface area contributed by atoms with E-state index >= 15 is 0 Å². The normalized spacial score (nSPS) is 20.6. The van der Waals surface area contributed by atoms with E-state index in [4.69, 9.17) is 14.5 Å². The topological polar surface area (TPSA) is 77.0 Å². The smallest absolute Gasteiger partial charge is 0.254 e. The van der Waals surface area contributed by atoms with E-state index in [1.54, 1.807) is 26.4 Å². The second kappa shape index (κ2) is 8.76. The van der Waals surface area contributed by atoms with Crippen molar-refractivity contribution < 1.29 is 19.1 Å². The number of ether oxygens (including phenoxy) is 2. The zero-order valence-corrected chi connectivity index (χ0v) is 18.0. The highest BCUT2D eigenvalue weighted by atomic mass is 16.5. The first-order chi connectivity index (χ1) is 15.0. The minimum Gasteiger partial charge on any atom is -0.497 e. The van der Waals surface area contributed by atoms with Gasteiger partial charge < -0.3 is 14.8 Å². The number of methoxy groups -OCH3 is 2. The van der Waals surface area contributed by atoms with Gasteiger partial charge in [-0.15, -0.1) is 0 Å². The summed E-state index contributed by atoms with van der Waals surface area (Å²) < 4.78 is 10.8. The Morgan fingerprint density at radius 3 is 2.61 bits per heavy atom. The molecule has 1 aliphatic heterocycles. The fourth-order valence-corrected chi connectivity index (χ4v) is 4.55. The van der Waals surface area contributed by atoms with Crippen LogP contribution in [-0.2, 0) is 9.59 Å². The molecule has 1 fully saturated rings. The predicted molar refractivity (Wildman–Crippen MR) is 120 cm³/mol. The van der Waals surface area contributed by atoms with Gasteiger partial charge in [0.05, 0.1) is 25.8 Å². The molecule has 4 rings (SSSR count). The summed E-state index contributed by atoms with van der Waals surface area (Å²) in [5, 5.41) is 2.97. The van der Waals surface area contributed by atoms with Crippen LogP contribution >= 0.6 is 0 Å². The Hall–Kier alpha value is -3.41. The van der Waals surface area contributed by atoms with Crippen LogP contribution < -0.4 is 14.8 Å². The Kier molecular flexibility index (Phi) is 5.89. The Morgan fingerprint density at radius 2 is 1.84 bits per heavy atom. The van der Waals surface area contributed by atoms with Crippen LogP contribution in [-0.4, -0.2) is 31.6 Å². The van der Waals surface area contributed by atoms with Gasteiger partial charge in [0, 0.05) is 29.3 Å². The lowest BCUT2D eigenvalue weighted by Crippen LogP contribution is -2.39. The number of nitrogens with zero attached hydrogens (tertiary/aromatic N) is 1. The van der Waals surface area contributed by atoms with Crippen LogP contribution in [0.4, 0.5) is 5.69 Å². The van der Waals surface area contributed by atoms with Crippen LogP contribution in [0.5, 0.6) is 11.5 Å². The number of anilines is 1. The highest BCUT2D eigenvalue weighted by Gasteiger charge is 2.43. The van der Waals surface area contributed by atoms with Gasteiger partial charge in [0.25, 0.3) is 5.91 Å². The molecule has 0 aromatic heterocycles. The molecule has 0 radical (unpaired) electrons. The average Bonchev–Trinajstić information content (AvgIpc) is 2.78. The molecule has 0 bridgehead atoms. The number of hydrogen-bond donors (Lipinski definition) is 1. The van der Waals surface area contributed by atoms with Crippen LogP contribution in [0.1, 0.15) is 37.7 Å². The summed E-state index contributed by atoms with van der Waals surface area (Å²) in [7, 11) is 3.17. The molecule has 2 aromatic carbocycles. The molecule has 6 heteroatoms. The third-order valence-corrected chi connectivity index (χ3v) is 5.96. The zero-order valence-electron chi connectivity index (χ0n) is 18.0. The van der Waals surface area contributed by atoms with E-state index in [1.165, 1.54) is 0 Å². The third-order valence-electron chi connectivity index (χ3n) is 5.96. The van der Waals surface area contributed by atoms with Gasteiger partial charge >= 0.3 is 0 Å². The maximum Gasteiger partial charge on any atom is 0.254 e. The Labute approximate surface area is 182 Å². The maximum atomic E-state index is 13.5. The summed E-state index contributed by atoms with van der Waals surface area (Å²) in [6, 6.07) is 14.8. The van der Waals surface area contributed by atoms with Crippen molar-refractivity contribution in [2.75, 3.05) is 19.5 Å². The number of rotatable bonds is 5. The molecule has 6 nitrogen and oxygen atoms in total. The molecular weight excluding hydrogens is 392 g/mol. The first-order valence-corrected chi connectivity index (χ1v) is 10.4. The summed E-state index contributed by atoms with van der Waals surface area (Å²) in [6.07, 6.45) is 2.08. The van der Waals surface area contributed by atoms with E-state index in [2.05, 4.69) is 5.32 Å². The molecule has 1 heterocycles. The van der Waals surface area contributed by atoms with Crippen LogP contribution in [0.15, 0.2) is 64.8 Å². The number of carbonyl (C=O) groups excluding carboxylic acids is 2. The molecule has 2 aromatic rings. The molecule has 31 heavy (non-hydrogen) atoms. The van der Waals surface area contributed by atoms with Crippen molar-refractivity contribution in [1.82, 2.24) is 0 Å². The number of allylic oxidation sites excluding steroid dienone is 1. The van der Waals surface area contributed by atoms with Gasteiger partial charge in [0.1, 0.15) is 17.3 Å². The molecule has 1 aliphatic carbocycles. The van der Waals surface area contributed by atoms with Gasteiger partial charge in [-0.25, -0.2) is 0 Å². The standard InChI is InChI=1S/C25H26N2O4/c1-15-22(25(29)27-18-10-4-5-13-21(18)31-3)23(16-8-6-9-17(14-16)30-2)24-19(26-15)11-7-12-20(24)28/h4-6,8-10,13-14,23-24H,7,11-12H2,1-3H3,(H,27,29)/t23-,24-/m0/s1. The SMILES string of the molecule is COc1cccc([C@H]2C(C(=O)Nc3ccccc3OC)=C(C)N=C3CCCC(=O)[C@H]32)c1. The fraction of sp³-hybridized carbons (Fsp3) is 0.320. The highest BCUT2D eigenvalue weighted by Crippen LogP contribution is 2.43. The van der Waals surface area contributed by atoms with Crippen molar-refractivity contribution in [3.63, 3.8) is 0 Å². The number of aliphatic imine (C=N–C) groups is 1. The van der Waals surface area contributed by atoms with Gasteiger partial charge in [-0.3, -0.25) is 14.6 Å². The predicted octanol–water partition coefficient (Wildman–Crippen LogP) is 4.52. The summed E-state index contributed by atoms with van der Waals surface area (Å²) in [6.45, 7) is 1.84. The van der Waals surface area contributed by atoms with E-state index in [-0.39, 0.29) is 11.7 Å². The number of fused-ring (bicyclic) bond motifs is 1. The van der Waals surface area contributed by atoms with Gasteiger partial charge in [-0.2, -0.15) is 0 Å². The van der Waals surface area contributed by atoms with Crippen molar-refractivity contribution in [3.8, 4) is 11.5 Å². The Balaban J connectivity index is 1.80. The van der Waals surface area contributed by atoms with Crippen molar-refractivity contribution in [1.29, 1.82) is 0 Å². The Morgan fingerprint density at radius 1 is 1.03 bits per heavy atom. The van der Waals surface area contributed by atoms with Crippen molar-refractivity contribution >= 4 is 23.1 Å². The molecule has 0 saturated heterocycles. The number of amides is 1. The Bertz CT molecular complexity index is 1090. The molecule has 1 N–H and O–H groups in total. The van der Waals surface area contributed by atoms with Crippen molar-refractivity contribution in [3.05, 3.63) is 65.4 Å². The van der Waals surface area contributed by atoms with Gasteiger partial charge in [-0.05, 0) is 49.6 Å². The third kappa shape index (κ3) is 3.98. The van der Waals surface area contributed by atoms with Gasteiger partial charge in [0.15, 0.2) is 0 Å². The molecule has 1 saturated carbocycles. The fourth-order valence-electron chi connectivity index (χ4n) is 4.55. The zero-order chi connectivity index (χ0) is 22.0. The maximum absolute atomic E-state index is 13.5. The first kappa shape index (κ1) is 20.8. The number of benzene rings is 2. The van der Waals surface area contributed by atoms with Crippen LogP contribution in [0.2, 0.25) is 0 Å². The van der Waals surface area contributed by atoms with E-state index in [0.717, 1.165) is 24.1 Å². The second-order valence-electron chi connectivity index (χ2n) is 7.81. The number of Topliss-reactive ketones (excluding diaryl/α,β-unsaturated/α-hetero) is 1. The lowest BCUT2D eigenvalue weighted by molar-refractivity contribution is -0.122. The van der Waals surface area contributed by atoms with Crippen LogP contribution in [0.25, 0.3) is 0 Å². The summed E-state index contributed by atoms with van der Waals surface area (Å²) in [5.74, 6) is 0.268. The average molecular weight is 418 g/mol. The molecule has 2 aliphatic rings. The van der Waals surface area contributed by atoms with Crippen molar-refractivity contribution in [2.45, 2.75) is 32.1 Å². The molecule has 0 unspecified atom stereocenters. The number of para-hydroxylation sites is 2. The summed E-state index contributed by atoms with van der Waals surface area (Å²) in [5.41, 5.74) is 3.46. The number of ketones is 1. The van der Waals surface area contributed by atoms with Crippen LogP contribution in [0.3, 0.4) is 0 Å². The number of carbonyl (C=O) groups is 2. The monoisotopic (exact) mass is 418 g/mol. The van der Waals surface area contributed by atoms with E-state index in [0.29, 0.717) is 34.9 Å². The number of nitrogens with one attached hydrogen (secondary N) is 1. The van der Waals surface area contributed by atoms with E-state index < -0.39 is 11.8 Å². The summed E-state index contributed by atoms with van der Waals surface area (Å²) >= 11 is 0. The largest absolute Gasteiger partial charge is 0.497 e. The first-order valence-electron chi connectivity index (χ1n) is 10.4. The molecule has 160 valence electrons. The molecule has 0 spiro atoms. The van der Waals surface area contributed by atoms with E-state index in [1.807, 2.05) is 43.3 Å². The lowest BCUT2D eigenvalue weighted by atomic mass is 9.69.